The van der Waals surface area contributed by atoms with Crippen LogP contribution in [-0.2, 0) is 4.74 Å². The number of hydrogen-bond donors (Lipinski definition) is 0. The van der Waals surface area contributed by atoms with E-state index in [0.29, 0.717) is 37.3 Å². The first-order valence-corrected chi connectivity index (χ1v) is 13.2. The molecule has 4 fully saturated rings. The van der Waals surface area contributed by atoms with Gasteiger partial charge in [0.2, 0.25) is 0 Å². The summed E-state index contributed by atoms with van der Waals surface area (Å²) in [5, 5.41) is 0.148. The van der Waals surface area contributed by atoms with Gasteiger partial charge in [0.15, 0.2) is 11.0 Å². The fourth-order valence-corrected chi connectivity index (χ4v) is 6.54. The molecule has 0 saturated carbocycles. The molecule has 0 N–H and O–H groups in total. The molecular weight excluding hydrogens is 506 g/mol. The quantitative estimate of drug-likeness (QED) is 0.543. The van der Waals surface area contributed by atoms with Crippen LogP contribution in [0.25, 0.3) is 10.9 Å². The summed E-state index contributed by atoms with van der Waals surface area (Å²) >= 11 is 5.98. The van der Waals surface area contributed by atoms with Gasteiger partial charge in [0.1, 0.15) is 29.7 Å². The van der Waals surface area contributed by atoms with Gasteiger partial charge in [-0.05, 0) is 46.6 Å². The largest absolute Gasteiger partial charge is 0.461 e. The zero-order valence-electron chi connectivity index (χ0n) is 21.2. The smallest absolute Gasteiger partial charge is 0.410 e. The van der Waals surface area contributed by atoms with E-state index >= 15 is 4.39 Å². The molecule has 4 aliphatic heterocycles. The molecule has 200 valence electrons. The second-order valence-electron chi connectivity index (χ2n) is 11.6. The van der Waals surface area contributed by atoms with E-state index in [-0.39, 0.29) is 47.0 Å². The molecule has 0 aliphatic carbocycles. The molecule has 12 heteroatoms. The molecule has 2 aromatic heterocycles. The molecule has 4 aliphatic rings. The number of ether oxygens (including phenoxy) is 2. The van der Waals surface area contributed by atoms with E-state index in [1.165, 1.54) is 6.20 Å². The van der Waals surface area contributed by atoms with Gasteiger partial charge >= 0.3 is 12.1 Å². The lowest BCUT2D eigenvalue weighted by molar-refractivity contribution is 0.0214. The van der Waals surface area contributed by atoms with Crippen LogP contribution in [-0.4, -0.2) is 93.0 Å². The number of amides is 1. The van der Waals surface area contributed by atoms with Gasteiger partial charge in [-0.25, -0.2) is 18.6 Å². The van der Waals surface area contributed by atoms with Crippen molar-refractivity contribution in [3.05, 3.63) is 17.2 Å². The van der Waals surface area contributed by atoms with Crippen LogP contribution in [0.3, 0.4) is 0 Å². The highest BCUT2D eigenvalue weighted by Gasteiger charge is 2.50. The van der Waals surface area contributed by atoms with E-state index in [0.717, 1.165) is 25.8 Å². The molecule has 0 unspecified atom stereocenters. The van der Waals surface area contributed by atoms with Crippen molar-refractivity contribution >= 4 is 34.4 Å². The third-order valence-electron chi connectivity index (χ3n) is 7.97. The average molecular weight is 537 g/mol. The number of nitrogens with zero attached hydrogens (tertiary/aromatic N) is 6. The molecule has 9 nitrogen and oxygen atoms in total. The highest BCUT2D eigenvalue weighted by atomic mass is 35.5. The Labute approximate surface area is 219 Å². The zero-order chi connectivity index (χ0) is 26.1. The number of carbonyl (C=O) groups excluding carboxylic acids is 1. The van der Waals surface area contributed by atoms with E-state index < -0.39 is 17.6 Å². The topological polar surface area (TPSA) is 83.9 Å². The Kier molecular flexibility index (Phi) is 5.87. The van der Waals surface area contributed by atoms with Gasteiger partial charge in [0, 0.05) is 32.3 Å². The van der Waals surface area contributed by atoms with Gasteiger partial charge < -0.3 is 19.3 Å². The number of piperazine rings is 1. The highest BCUT2D eigenvalue weighted by Crippen LogP contribution is 2.42. The maximum atomic E-state index is 15.1. The van der Waals surface area contributed by atoms with Crippen LogP contribution in [0.15, 0.2) is 6.20 Å². The number of alkyl halides is 1. The average Bonchev–Trinajstić information content (AvgIpc) is 3.58. The van der Waals surface area contributed by atoms with Crippen molar-refractivity contribution in [3.8, 4) is 6.01 Å². The van der Waals surface area contributed by atoms with Gasteiger partial charge in [-0.3, -0.25) is 4.90 Å². The maximum absolute atomic E-state index is 15.1. The van der Waals surface area contributed by atoms with Crippen molar-refractivity contribution in [2.45, 2.75) is 75.8 Å². The van der Waals surface area contributed by atoms with Crippen molar-refractivity contribution in [3.63, 3.8) is 0 Å². The molecule has 0 radical (unpaired) electrons. The third kappa shape index (κ3) is 4.33. The number of halogens is 3. The minimum Gasteiger partial charge on any atom is -0.461 e. The fraction of sp³-hybridized carbons (Fsp3) is 0.680. The summed E-state index contributed by atoms with van der Waals surface area (Å²) in [6.45, 7) is 8.00. The zero-order valence-corrected chi connectivity index (χ0v) is 22.0. The highest BCUT2D eigenvalue weighted by molar-refractivity contribution is 6.30. The number of carbonyl (C=O) groups is 1. The first-order valence-electron chi connectivity index (χ1n) is 12.8. The Hall–Kier alpha value is -2.53. The van der Waals surface area contributed by atoms with Crippen LogP contribution in [0.1, 0.15) is 46.5 Å². The number of rotatable bonds is 4. The van der Waals surface area contributed by atoms with Crippen LogP contribution < -0.4 is 9.64 Å². The van der Waals surface area contributed by atoms with Crippen LogP contribution in [0.5, 0.6) is 6.01 Å². The predicted molar refractivity (Wildman–Crippen MR) is 133 cm³/mol. The van der Waals surface area contributed by atoms with Gasteiger partial charge in [-0.15, -0.1) is 0 Å². The molecule has 1 amide bonds. The van der Waals surface area contributed by atoms with Gasteiger partial charge in [0.05, 0.1) is 23.0 Å². The van der Waals surface area contributed by atoms with Gasteiger partial charge in [-0.2, -0.15) is 9.97 Å². The Morgan fingerprint density at radius 1 is 1.24 bits per heavy atom. The Balaban J connectivity index is 1.28. The summed E-state index contributed by atoms with van der Waals surface area (Å²) in [6, 6.07) is -0.0440. The summed E-state index contributed by atoms with van der Waals surface area (Å²) in [5.41, 5.74) is -0.929. The number of pyridine rings is 1. The number of fused-ring (bicyclic) bond motifs is 4. The Bertz CT molecular complexity index is 1250. The van der Waals surface area contributed by atoms with E-state index in [2.05, 4.69) is 24.8 Å². The molecule has 37 heavy (non-hydrogen) atoms. The van der Waals surface area contributed by atoms with E-state index in [1.807, 2.05) is 20.8 Å². The van der Waals surface area contributed by atoms with Crippen LogP contribution in [0, 0.1) is 5.82 Å². The second kappa shape index (κ2) is 8.76. The summed E-state index contributed by atoms with van der Waals surface area (Å²) in [6.07, 6.45) is 3.24. The van der Waals surface area contributed by atoms with E-state index in [9.17, 15) is 9.18 Å². The summed E-state index contributed by atoms with van der Waals surface area (Å²) < 4.78 is 40.9. The van der Waals surface area contributed by atoms with Crippen LogP contribution in [0.2, 0.25) is 5.15 Å². The fourth-order valence-electron chi connectivity index (χ4n) is 6.40. The van der Waals surface area contributed by atoms with Crippen molar-refractivity contribution in [2.75, 3.05) is 37.7 Å². The summed E-state index contributed by atoms with van der Waals surface area (Å²) in [4.78, 5) is 31.7. The molecule has 6 rings (SSSR count). The normalized spacial score (nSPS) is 29.4. The molecule has 6 heterocycles. The number of likely N-dealkylation sites (tertiary alicyclic amines) is 1. The van der Waals surface area contributed by atoms with Crippen molar-refractivity contribution < 1.29 is 23.0 Å². The first-order chi connectivity index (χ1) is 17.5. The molecule has 2 aromatic rings. The van der Waals surface area contributed by atoms with E-state index in [1.54, 1.807) is 4.90 Å². The predicted octanol–water partition coefficient (Wildman–Crippen LogP) is 3.97. The minimum atomic E-state index is -0.882. The van der Waals surface area contributed by atoms with Crippen LogP contribution >= 0.6 is 11.6 Å². The minimum absolute atomic E-state index is 0.0201. The maximum Gasteiger partial charge on any atom is 0.410 e. The lowest BCUT2D eigenvalue weighted by Gasteiger charge is -2.36. The number of aromatic nitrogens is 3. The number of hydrogen-bond acceptors (Lipinski definition) is 8. The first kappa shape index (κ1) is 24.8. The van der Waals surface area contributed by atoms with E-state index in [4.69, 9.17) is 21.1 Å². The lowest BCUT2D eigenvalue weighted by Crippen LogP contribution is -2.50. The molecular formula is C25H31ClF2N6O3. The number of anilines is 1. The third-order valence-corrected chi connectivity index (χ3v) is 8.24. The summed E-state index contributed by atoms with van der Waals surface area (Å²) in [7, 11) is 0. The molecule has 4 saturated heterocycles. The molecule has 0 spiro atoms. The lowest BCUT2D eigenvalue weighted by atomic mass is 9.95. The van der Waals surface area contributed by atoms with Crippen molar-refractivity contribution in [1.82, 2.24) is 24.8 Å². The SMILES string of the molecule is CC(C)(C)OC(=O)N1C[C@@H]2C[C@H]1CN2c1nc(OC[C@@]23CCCN2C[C@H](F)C3)nc2c(F)c(Cl)ncc12. The molecule has 2 bridgehead atoms. The Morgan fingerprint density at radius 3 is 2.78 bits per heavy atom. The second-order valence-corrected chi connectivity index (χ2v) is 12.0. The van der Waals surface area contributed by atoms with Crippen LogP contribution in [0.4, 0.5) is 19.4 Å². The standard InChI is InChI=1S/C25H31ClF2N6O3/c1-24(2,3)37-23(35)34-12-15-7-16(34)11-33(15)21-17-9-29-20(26)18(28)19(17)30-22(31-21)36-13-25-5-4-6-32(25)10-14(27)8-25/h9,14-16H,4-8,10-13H2,1-3H3/t14-,15+,16+,25+/m1/s1. The van der Waals surface area contributed by atoms with Crippen molar-refractivity contribution in [2.24, 2.45) is 0 Å². The molecule has 0 aromatic carbocycles. The van der Waals surface area contributed by atoms with Crippen molar-refractivity contribution in [1.29, 1.82) is 0 Å². The molecule has 4 atom stereocenters. The monoisotopic (exact) mass is 536 g/mol. The Morgan fingerprint density at radius 2 is 2.05 bits per heavy atom. The summed E-state index contributed by atoms with van der Waals surface area (Å²) in [5.74, 6) is -0.243. The van der Waals surface area contributed by atoms with Gasteiger partial charge in [0.25, 0.3) is 0 Å². The van der Waals surface area contributed by atoms with Gasteiger partial charge in [-0.1, -0.05) is 11.6 Å².